The average Bonchev–Trinajstić information content (AvgIpc) is 3.35. The van der Waals surface area contributed by atoms with Gasteiger partial charge in [0, 0.05) is 23.2 Å². The topological polar surface area (TPSA) is 80.8 Å². The number of aromatic nitrogens is 1. The van der Waals surface area contributed by atoms with E-state index in [9.17, 15) is 14.0 Å². The van der Waals surface area contributed by atoms with E-state index in [1.165, 1.54) is 23.5 Å². The SMILES string of the molecule is Cc1nc(C(=O)N2[C@H](CNC(=O)c3cc(F)cc4c3OCOC4)C[C@@H]3C[C@@H]32)c(-c2cccc(Cl)c2)s1. The highest BCUT2D eigenvalue weighted by Crippen LogP contribution is 2.49. The van der Waals surface area contributed by atoms with Crippen LogP contribution in [-0.4, -0.2) is 47.1 Å². The fourth-order valence-electron chi connectivity index (χ4n) is 5.23. The Balaban J connectivity index is 1.22. The number of halogens is 2. The number of rotatable bonds is 5. The van der Waals surface area contributed by atoms with Gasteiger partial charge >= 0.3 is 0 Å². The van der Waals surface area contributed by atoms with Crippen LogP contribution < -0.4 is 10.1 Å². The van der Waals surface area contributed by atoms with Crippen LogP contribution in [0.5, 0.6) is 5.75 Å². The van der Waals surface area contributed by atoms with Crippen molar-refractivity contribution in [2.75, 3.05) is 13.3 Å². The summed E-state index contributed by atoms with van der Waals surface area (Å²) < 4.78 is 24.8. The highest BCUT2D eigenvalue weighted by molar-refractivity contribution is 7.15. The summed E-state index contributed by atoms with van der Waals surface area (Å²) in [5.74, 6) is -0.342. The third-order valence-corrected chi connectivity index (χ3v) is 8.14. The molecule has 1 N–H and O–H groups in total. The fourth-order valence-corrected chi connectivity index (χ4v) is 6.33. The molecule has 0 radical (unpaired) electrons. The van der Waals surface area contributed by atoms with E-state index in [0.29, 0.717) is 27.9 Å². The Kier molecular flexibility index (Phi) is 5.94. The Hall–Kier alpha value is -3.01. The molecule has 2 amide bonds. The van der Waals surface area contributed by atoms with Crippen molar-refractivity contribution in [2.45, 2.75) is 38.5 Å². The highest BCUT2D eigenvalue weighted by Gasteiger charge is 2.54. The summed E-state index contributed by atoms with van der Waals surface area (Å²) >= 11 is 7.66. The van der Waals surface area contributed by atoms with Crippen LogP contribution in [0.4, 0.5) is 4.39 Å². The number of ether oxygens (including phenoxy) is 2. The zero-order valence-corrected chi connectivity index (χ0v) is 21.0. The number of aryl methyl sites for hydroxylation is 1. The van der Waals surface area contributed by atoms with Crippen molar-refractivity contribution >= 4 is 34.8 Å². The van der Waals surface area contributed by atoms with Crippen LogP contribution in [0.2, 0.25) is 5.02 Å². The summed E-state index contributed by atoms with van der Waals surface area (Å²) in [6.45, 7) is 2.33. The minimum absolute atomic E-state index is 0.00912. The first-order valence-corrected chi connectivity index (χ1v) is 13.0. The predicted octanol–water partition coefficient (Wildman–Crippen LogP) is 4.81. The number of hydrogen-bond acceptors (Lipinski definition) is 6. The molecular weight excluding hydrogens is 505 g/mol. The first kappa shape index (κ1) is 23.4. The van der Waals surface area contributed by atoms with Gasteiger partial charge in [-0.1, -0.05) is 23.7 Å². The van der Waals surface area contributed by atoms with Crippen LogP contribution >= 0.6 is 22.9 Å². The summed E-state index contributed by atoms with van der Waals surface area (Å²) in [4.78, 5) is 34.0. The predicted molar refractivity (Wildman–Crippen MR) is 133 cm³/mol. The second kappa shape index (κ2) is 9.14. The third kappa shape index (κ3) is 4.25. The van der Waals surface area contributed by atoms with Crippen molar-refractivity contribution < 1.29 is 23.5 Å². The van der Waals surface area contributed by atoms with Gasteiger partial charge < -0.3 is 19.7 Å². The molecule has 36 heavy (non-hydrogen) atoms. The van der Waals surface area contributed by atoms with Crippen LogP contribution in [0.3, 0.4) is 0 Å². The van der Waals surface area contributed by atoms with E-state index in [1.54, 1.807) is 6.07 Å². The number of fused-ring (bicyclic) bond motifs is 2. The average molecular weight is 528 g/mol. The van der Waals surface area contributed by atoms with Crippen molar-refractivity contribution in [1.29, 1.82) is 0 Å². The van der Waals surface area contributed by atoms with Gasteiger partial charge in [0.2, 0.25) is 0 Å². The summed E-state index contributed by atoms with van der Waals surface area (Å²) in [5, 5.41) is 4.29. The van der Waals surface area contributed by atoms with Crippen LogP contribution in [0.15, 0.2) is 36.4 Å². The normalized spacial score (nSPS) is 22.0. The lowest BCUT2D eigenvalue weighted by Crippen LogP contribution is -2.45. The lowest BCUT2D eigenvalue weighted by Gasteiger charge is -2.28. The van der Waals surface area contributed by atoms with Crippen molar-refractivity contribution in [1.82, 2.24) is 15.2 Å². The minimum atomic E-state index is -0.528. The number of carbonyl (C=O) groups is 2. The Morgan fingerprint density at radius 2 is 2.14 bits per heavy atom. The lowest BCUT2D eigenvalue weighted by atomic mass is 10.1. The number of nitrogens with zero attached hydrogens (tertiary/aromatic N) is 2. The summed E-state index contributed by atoms with van der Waals surface area (Å²) in [5.41, 5.74) is 1.90. The van der Waals surface area contributed by atoms with Gasteiger partial charge in [-0.15, -0.1) is 11.3 Å². The van der Waals surface area contributed by atoms with E-state index in [4.69, 9.17) is 21.1 Å². The van der Waals surface area contributed by atoms with Gasteiger partial charge in [-0.05, 0) is 55.5 Å². The molecule has 1 saturated heterocycles. The number of benzene rings is 2. The molecule has 1 aromatic heterocycles. The molecule has 186 valence electrons. The zero-order chi connectivity index (χ0) is 25.0. The van der Waals surface area contributed by atoms with Gasteiger partial charge in [0.05, 0.1) is 28.1 Å². The Labute approximate surface area is 216 Å². The molecule has 2 fully saturated rings. The molecule has 1 aliphatic carbocycles. The molecule has 3 atom stereocenters. The summed E-state index contributed by atoms with van der Waals surface area (Å²) in [6, 6.07) is 9.86. The second-order valence-electron chi connectivity index (χ2n) is 9.35. The number of amides is 2. The van der Waals surface area contributed by atoms with E-state index < -0.39 is 11.7 Å². The van der Waals surface area contributed by atoms with E-state index in [-0.39, 0.29) is 43.5 Å². The molecule has 0 unspecified atom stereocenters. The monoisotopic (exact) mass is 527 g/mol. The number of thiazole rings is 1. The molecule has 10 heteroatoms. The number of nitrogens with one attached hydrogen (secondary N) is 1. The number of carbonyl (C=O) groups excluding carboxylic acids is 2. The number of hydrogen-bond donors (Lipinski definition) is 1. The first-order valence-electron chi connectivity index (χ1n) is 11.8. The van der Waals surface area contributed by atoms with Gasteiger partial charge in [0.15, 0.2) is 6.79 Å². The van der Waals surface area contributed by atoms with Gasteiger partial charge in [-0.3, -0.25) is 9.59 Å². The van der Waals surface area contributed by atoms with Crippen molar-refractivity contribution in [3.8, 4) is 16.2 Å². The smallest absolute Gasteiger partial charge is 0.274 e. The second-order valence-corrected chi connectivity index (χ2v) is 11.0. The zero-order valence-electron chi connectivity index (χ0n) is 19.4. The molecule has 3 heterocycles. The van der Waals surface area contributed by atoms with Crippen LogP contribution in [0.25, 0.3) is 10.4 Å². The van der Waals surface area contributed by atoms with Crippen LogP contribution in [0, 0.1) is 18.7 Å². The van der Waals surface area contributed by atoms with E-state index in [2.05, 4.69) is 10.3 Å². The molecule has 3 aromatic rings. The van der Waals surface area contributed by atoms with Gasteiger partial charge in [0.25, 0.3) is 11.8 Å². The van der Waals surface area contributed by atoms with E-state index >= 15 is 0 Å². The standard InChI is InChI=1S/C26H23ClFN3O4S/c1-13-30-22(24(36-13)14-3-2-4-17(27)5-14)26(33)31-19(7-15-8-21(15)31)10-29-25(32)20-9-18(28)6-16-11-34-12-35-23(16)20/h2-6,9,15,19,21H,7-8,10-12H2,1H3,(H,29,32)/t15-,19+,21+/m1/s1. The molecule has 6 rings (SSSR count). The Morgan fingerprint density at radius 3 is 2.97 bits per heavy atom. The minimum Gasteiger partial charge on any atom is -0.466 e. The molecule has 2 aromatic carbocycles. The molecule has 3 aliphatic rings. The molecule has 0 spiro atoms. The summed E-state index contributed by atoms with van der Waals surface area (Å²) in [6.07, 6.45) is 1.76. The fraction of sp³-hybridized carbons (Fsp3) is 0.346. The quantitative estimate of drug-likeness (QED) is 0.515. The number of likely N-dealkylation sites (tertiary alicyclic amines) is 1. The van der Waals surface area contributed by atoms with Gasteiger partial charge in [-0.2, -0.15) is 0 Å². The van der Waals surface area contributed by atoms with Crippen molar-refractivity contribution in [3.63, 3.8) is 0 Å². The molecule has 7 nitrogen and oxygen atoms in total. The summed E-state index contributed by atoms with van der Waals surface area (Å²) in [7, 11) is 0. The molecular formula is C26H23ClFN3O4S. The third-order valence-electron chi connectivity index (χ3n) is 6.89. The molecule has 1 saturated carbocycles. The maximum Gasteiger partial charge on any atom is 0.274 e. The first-order chi connectivity index (χ1) is 17.4. The molecule has 2 aliphatic heterocycles. The Morgan fingerprint density at radius 1 is 1.28 bits per heavy atom. The number of piperidine rings is 1. The van der Waals surface area contributed by atoms with E-state index in [1.807, 2.05) is 30.0 Å². The van der Waals surface area contributed by atoms with Crippen LogP contribution in [-0.2, 0) is 11.3 Å². The Bertz CT molecular complexity index is 1380. The maximum absolute atomic E-state index is 14.1. The van der Waals surface area contributed by atoms with Crippen molar-refractivity contribution in [2.24, 2.45) is 5.92 Å². The van der Waals surface area contributed by atoms with Gasteiger partial charge in [0.1, 0.15) is 17.3 Å². The largest absolute Gasteiger partial charge is 0.466 e. The van der Waals surface area contributed by atoms with E-state index in [0.717, 1.165) is 28.3 Å². The van der Waals surface area contributed by atoms with Crippen molar-refractivity contribution in [3.05, 3.63) is 69.1 Å². The van der Waals surface area contributed by atoms with Crippen LogP contribution in [0.1, 0.15) is 44.3 Å². The highest BCUT2D eigenvalue weighted by atomic mass is 35.5. The lowest BCUT2D eigenvalue weighted by molar-refractivity contribution is -0.0170. The molecule has 0 bridgehead atoms. The maximum atomic E-state index is 14.1. The van der Waals surface area contributed by atoms with Gasteiger partial charge in [-0.25, -0.2) is 9.37 Å².